The molecule has 0 aliphatic rings. The molecule has 0 saturated carbocycles. The van der Waals surface area contributed by atoms with E-state index in [0.29, 0.717) is 19.6 Å². The van der Waals surface area contributed by atoms with Crippen LogP contribution in [0.1, 0.15) is 31.4 Å². The molecule has 2 N–H and O–H groups in total. The van der Waals surface area contributed by atoms with Crippen LogP contribution >= 0.6 is 0 Å². The molecule has 0 spiro atoms. The maximum absolute atomic E-state index is 11.9. The number of nitrogens with zero attached hydrogens (tertiary/aromatic N) is 1. The molecule has 0 unspecified atom stereocenters. The van der Waals surface area contributed by atoms with E-state index in [9.17, 15) is 9.90 Å². The number of carbonyl (C=O) groups excluding carboxylic acids is 1. The van der Waals surface area contributed by atoms with Crippen molar-refractivity contribution in [3.8, 4) is 0 Å². The van der Waals surface area contributed by atoms with Crippen LogP contribution in [0.4, 0.5) is 0 Å². The molecule has 0 radical (unpaired) electrons. The summed E-state index contributed by atoms with van der Waals surface area (Å²) in [6.07, 6.45) is 0.627. The Kier molecular flexibility index (Phi) is 9.69. The lowest BCUT2D eigenvalue weighted by Crippen LogP contribution is -2.46. The standard InChI is InChI=1S/C23H32N2O3/c1-3-28-23(27)19(2)24-16-22(14-15-26)25(17-20-10-6-4-7-11-20)18-21-12-8-5-9-13-21/h4-13,19,22,24,26H,3,14-18H2,1-2H3/t19-,22-/m0/s1. The zero-order chi connectivity index (χ0) is 20.2. The maximum Gasteiger partial charge on any atom is 0.322 e. The summed E-state index contributed by atoms with van der Waals surface area (Å²) in [7, 11) is 0. The lowest BCUT2D eigenvalue weighted by molar-refractivity contribution is -0.145. The first-order valence-electron chi connectivity index (χ1n) is 9.96. The molecule has 0 fully saturated rings. The minimum Gasteiger partial charge on any atom is -0.465 e. The highest BCUT2D eigenvalue weighted by atomic mass is 16.5. The quantitative estimate of drug-likeness (QED) is 0.551. The van der Waals surface area contributed by atoms with Crippen molar-refractivity contribution in [1.82, 2.24) is 10.2 Å². The maximum atomic E-state index is 11.9. The number of esters is 1. The molecule has 5 nitrogen and oxygen atoms in total. The molecular weight excluding hydrogens is 352 g/mol. The van der Waals surface area contributed by atoms with E-state index in [1.54, 1.807) is 6.92 Å². The van der Waals surface area contributed by atoms with Gasteiger partial charge in [-0.3, -0.25) is 9.69 Å². The monoisotopic (exact) mass is 384 g/mol. The normalized spacial score (nSPS) is 13.3. The summed E-state index contributed by atoms with van der Waals surface area (Å²) in [5.41, 5.74) is 2.44. The van der Waals surface area contributed by atoms with Crippen molar-refractivity contribution in [3.63, 3.8) is 0 Å². The summed E-state index contributed by atoms with van der Waals surface area (Å²) in [6.45, 7) is 6.23. The van der Waals surface area contributed by atoms with Crippen molar-refractivity contribution in [2.75, 3.05) is 19.8 Å². The second kappa shape index (κ2) is 12.3. The SMILES string of the molecule is CCOC(=O)[C@H](C)NC[C@H](CCO)N(Cc1ccccc1)Cc1ccccc1. The fraction of sp³-hybridized carbons (Fsp3) is 0.435. The van der Waals surface area contributed by atoms with Crippen molar-refractivity contribution >= 4 is 5.97 Å². The van der Waals surface area contributed by atoms with Crippen molar-refractivity contribution in [2.24, 2.45) is 0 Å². The number of aliphatic hydroxyl groups excluding tert-OH is 1. The van der Waals surface area contributed by atoms with Gasteiger partial charge in [0.2, 0.25) is 0 Å². The first kappa shape index (κ1) is 22.1. The summed E-state index contributed by atoms with van der Waals surface area (Å²) in [5, 5.41) is 12.9. The highest BCUT2D eigenvalue weighted by molar-refractivity contribution is 5.75. The van der Waals surface area contributed by atoms with Gasteiger partial charge in [-0.2, -0.15) is 0 Å². The van der Waals surface area contributed by atoms with Gasteiger partial charge in [0.05, 0.1) is 6.61 Å². The molecule has 2 aromatic rings. The smallest absolute Gasteiger partial charge is 0.322 e. The predicted octanol–water partition coefficient (Wildman–Crippen LogP) is 2.98. The molecule has 0 aromatic heterocycles. The van der Waals surface area contributed by atoms with Crippen LogP contribution in [0.2, 0.25) is 0 Å². The van der Waals surface area contributed by atoms with E-state index in [1.165, 1.54) is 11.1 Å². The number of hydrogen-bond acceptors (Lipinski definition) is 5. The zero-order valence-corrected chi connectivity index (χ0v) is 16.9. The van der Waals surface area contributed by atoms with Crippen molar-refractivity contribution in [2.45, 2.75) is 45.4 Å². The van der Waals surface area contributed by atoms with Gasteiger partial charge >= 0.3 is 5.97 Å². The van der Waals surface area contributed by atoms with E-state index in [1.807, 2.05) is 43.3 Å². The van der Waals surface area contributed by atoms with Crippen LogP contribution < -0.4 is 5.32 Å². The summed E-state index contributed by atoms with van der Waals surface area (Å²) < 4.78 is 5.08. The number of hydrogen-bond donors (Lipinski definition) is 2. The molecule has 2 atom stereocenters. The number of ether oxygens (including phenoxy) is 1. The van der Waals surface area contributed by atoms with Crippen LogP contribution in [0.25, 0.3) is 0 Å². The van der Waals surface area contributed by atoms with Gasteiger partial charge in [-0.25, -0.2) is 0 Å². The third-order valence-electron chi connectivity index (χ3n) is 4.74. The fourth-order valence-electron chi connectivity index (χ4n) is 3.18. The molecule has 5 heteroatoms. The van der Waals surface area contributed by atoms with Crippen LogP contribution in [0, 0.1) is 0 Å². The van der Waals surface area contributed by atoms with Gasteiger partial charge in [-0.05, 0) is 31.4 Å². The molecule has 2 aromatic carbocycles. The molecule has 0 saturated heterocycles. The van der Waals surface area contributed by atoms with Crippen molar-refractivity contribution in [3.05, 3.63) is 71.8 Å². The number of rotatable bonds is 12. The van der Waals surface area contributed by atoms with Gasteiger partial charge in [0, 0.05) is 32.3 Å². The minimum atomic E-state index is -0.378. The van der Waals surface area contributed by atoms with Crippen LogP contribution in [0.5, 0.6) is 0 Å². The van der Waals surface area contributed by atoms with Crippen LogP contribution in [0.3, 0.4) is 0 Å². The third-order valence-corrected chi connectivity index (χ3v) is 4.74. The van der Waals surface area contributed by atoms with Crippen molar-refractivity contribution < 1.29 is 14.6 Å². The topological polar surface area (TPSA) is 61.8 Å². The zero-order valence-electron chi connectivity index (χ0n) is 16.9. The summed E-state index contributed by atoms with van der Waals surface area (Å²) in [4.78, 5) is 14.3. The molecule has 28 heavy (non-hydrogen) atoms. The Morgan fingerprint density at radius 3 is 2.04 bits per heavy atom. The molecule has 0 aliphatic carbocycles. The van der Waals surface area contributed by atoms with E-state index >= 15 is 0 Å². The van der Waals surface area contributed by atoms with E-state index in [4.69, 9.17) is 4.74 Å². The lowest BCUT2D eigenvalue weighted by atomic mass is 10.1. The Balaban J connectivity index is 2.11. The largest absolute Gasteiger partial charge is 0.465 e. The number of carbonyl (C=O) groups is 1. The second-order valence-electron chi connectivity index (χ2n) is 6.92. The van der Waals surface area contributed by atoms with Crippen LogP contribution in [-0.4, -0.2) is 47.8 Å². The van der Waals surface area contributed by atoms with Gasteiger partial charge in [0.25, 0.3) is 0 Å². The number of aliphatic hydroxyl groups is 1. The number of nitrogens with one attached hydrogen (secondary N) is 1. The van der Waals surface area contributed by atoms with E-state index in [-0.39, 0.29) is 24.7 Å². The first-order valence-corrected chi connectivity index (χ1v) is 9.96. The van der Waals surface area contributed by atoms with E-state index in [0.717, 1.165) is 13.1 Å². The fourth-order valence-corrected chi connectivity index (χ4v) is 3.18. The minimum absolute atomic E-state index is 0.0855. The molecule has 152 valence electrons. The lowest BCUT2D eigenvalue weighted by Gasteiger charge is -2.32. The summed E-state index contributed by atoms with van der Waals surface area (Å²) in [6, 6.07) is 20.3. The predicted molar refractivity (Wildman–Crippen MR) is 112 cm³/mol. The van der Waals surface area contributed by atoms with E-state index < -0.39 is 0 Å². The molecule has 0 aliphatic heterocycles. The average Bonchev–Trinajstić information content (AvgIpc) is 2.72. The molecule has 0 bridgehead atoms. The van der Waals surface area contributed by atoms with E-state index in [2.05, 4.69) is 34.5 Å². The van der Waals surface area contributed by atoms with Gasteiger partial charge in [0.15, 0.2) is 0 Å². The van der Waals surface area contributed by atoms with Crippen LogP contribution in [-0.2, 0) is 22.6 Å². The van der Waals surface area contributed by atoms with Crippen LogP contribution in [0.15, 0.2) is 60.7 Å². The summed E-state index contributed by atoms with van der Waals surface area (Å²) >= 11 is 0. The third kappa shape index (κ3) is 7.43. The molecular formula is C23H32N2O3. The summed E-state index contributed by atoms with van der Waals surface area (Å²) in [5.74, 6) is -0.247. The van der Waals surface area contributed by atoms with Gasteiger partial charge in [-0.15, -0.1) is 0 Å². The highest BCUT2D eigenvalue weighted by Gasteiger charge is 2.21. The molecule has 0 amide bonds. The molecule has 2 rings (SSSR count). The molecule has 0 heterocycles. The second-order valence-corrected chi connectivity index (χ2v) is 6.92. The Labute approximate surface area is 168 Å². The average molecular weight is 385 g/mol. The van der Waals surface area contributed by atoms with Gasteiger partial charge < -0.3 is 15.2 Å². The Hall–Kier alpha value is -2.21. The number of benzene rings is 2. The van der Waals surface area contributed by atoms with Crippen molar-refractivity contribution in [1.29, 1.82) is 0 Å². The highest BCUT2D eigenvalue weighted by Crippen LogP contribution is 2.15. The van der Waals surface area contributed by atoms with Gasteiger partial charge in [-0.1, -0.05) is 60.7 Å². The Bertz CT molecular complexity index is 637. The first-order chi connectivity index (χ1) is 13.6. The Morgan fingerprint density at radius 1 is 1.04 bits per heavy atom. The van der Waals surface area contributed by atoms with Gasteiger partial charge in [0.1, 0.15) is 6.04 Å². The Morgan fingerprint density at radius 2 is 1.57 bits per heavy atom.